The largest absolute Gasteiger partial charge is 0.469 e. The summed E-state index contributed by atoms with van der Waals surface area (Å²) in [6, 6.07) is 69.5. The predicted molar refractivity (Wildman–Crippen MR) is 409 cm³/mol. The van der Waals surface area contributed by atoms with E-state index in [2.05, 4.69) is 198 Å². The van der Waals surface area contributed by atoms with Crippen LogP contribution in [0.3, 0.4) is 0 Å². The zero-order valence-corrected chi connectivity index (χ0v) is 58.8. The Balaban J connectivity index is 0.000000122. The van der Waals surface area contributed by atoms with Crippen LogP contribution in [0.2, 0.25) is 0 Å². The van der Waals surface area contributed by atoms with Crippen molar-refractivity contribution < 1.29 is 32.6 Å². The summed E-state index contributed by atoms with van der Waals surface area (Å²) in [6.07, 6.45) is 12.3. The van der Waals surface area contributed by atoms with Crippen LogP contribution in [0.1, 0.15) is 103 Å². The second kappa shape index (κ2) is 31.1. The fourth-order valence-corrected chi connectivity index (χ4v) is 12.9. The molecule has 4 amide bonds. The Hall–Kier alpha value is -12.9. The molecule has 19 heteroatoms. The van der Waals surface area contributed by atoms with Gasteiger partial charge in [-0.05, 0) is 101 Å². The van der Waals surface area contributed by atoms with Gasteiger partial charge in [0.1, 0.15) is 22.5 Å². The lowest BCUT2D eigenvalue weighted by Gasteiger charge is -2.06. The second-order valence-electron chi connectivity index (χ2n) is 25.4. The van der Waals surface area contributed by atoms with Crippen molar-refractivity contribution in [1.82, 2.24) is 33.6 Å². The lowest BCUT2D eigenvalue weighted by Crippen LogP contribution is -2.12. The van der Waals surface area contributed by atoms with E-state index in [9.17, 15) is 19.2 Å². The van der Waals surface area contributed by atoms with Crippen molar-refractivity contribution in [2.24, 2.45) is 0 Å². The number of fused-ring (bicyclic) bond motifs is 4. The molecule has 16 aromatic rings. The summed E-state index contributed by atoms with van der Waals surface area (Å²) in [6.45, 7) is 16.7. The van der Waals surface area contributed by atoms with Crippen LogP contribution in [0.15, 0.2) is 269 Å². The van der Waals surface area contributed by atoms with Gasteiger partial charge in [0.2, 0.25) is 5.76 Å². The van der Waals surface area contributed by atoms with E-state index in [1.54, 1.807) is 31.5 Å². The van der Waals surface area contributed by atoms with E-state index in [1.807, 2.05) is 111 Å². The number of carbonyl (C=O) groups is 4. The molecule has 0 unspecified atom stereocenters. The summed E-state index contributed by atoms with van der Waals surface area (Å²) in [5.74, 6) is 0.0108. The van der Waals surface area contributed by atoms with Crippen molar-refractivity contribution in [3.8, 4) is 0 Å². The van der Waals surface area contributed by atoms with E-state index in [1.165, 1.54) is 74.6 Å². The number of rotatable bonds is 16. The number of thiazole rings is 1. The molecule has 8 aromatic carbocycles. The molecule has 0 saturated heterocycles. The van der Waals surface area contributed by atoms with Crippen LogP contribution in [0, 0.1) is 48.5 Å². The standard InChI is InChI=1S/C22H20N2O2.C21H19N3O2.C21H19N3OS.C20H17N3O2/c1-15-7-9-17(10-8-15)13-24-14-20(19-5-3-4-6-21(19)24)23-22(25)18-11-12-26-16(18)2;1-14-7-9-16(10-8-14)11-24-12-19(17-5-3-4-6-20(17)24)22-21(25)18-13-26-23-15(18)2;1-14-7-9-16(10-8-14)11-24-12-18(17-5-3-4-6-19(17)24)23-21(25)20-15(2)22-13-26-20;1-14-6-8-15(9-7-14)12-23-13-17(16-4-2-3-5-18(16)23)22-20(24)19-10-11-21-25-19/h3-12,14H,13H2,1-2H3,(H,23,25);3-10,12-13H,11H2,1-2H3,(H,22,25);3-10,12-13H,11H2,1-2H3,(H,23,25);2-11,13H,12H2,1H3,(H,22,24). The highest BCUT2D eigenvalue weighted by Gasteiger charge is 2.21. The van der Waals surface area contributed by atoms with Crippen molar-refractivity contribution in [3.63, 3.8) is 0 Å². The van der Waals surface area contributed by atoms with E-state index >= 15 is 0 Å². The average Bonchev–Trinajstić information content (AvgIpc) is 1.67. The highest BCUT2D eigenvalue weighted by Crippen LogP contribution is 2.33. The second-order valence-corrected chi connectivity index (χ2v) is 26.2. The summed E-state index contributed by atoms with van der Waals surface area (Å²) >= 11 is 1.36. The van der Waals surface area contributed by atoms with E-state index in [0.29, 0.717) is 27.5 Å². The van der Waals surface area contributed by atoms with Gasteiger partial charge in [-0.15, -0.1) is 11.3 Å². The lowest BCUT2D eigenvalue weighted by atomic mass is 10.1. The van der Waals surface area contributed by atoms with Gasteiger partial charge in [-0.25, -0.2) is 4.98 Å². The highest BCUT2D eigenvalue weighted by atomic mass is 32.1. The van der Waals surface area contributed by atoms with Gasteiger partial charge < -0.3 is 53.0 Å². The van der Waals surface area contributed by atoms with Crippen molar-refractivity contribution in [1.29, 1.82) is 0 Å². The van der Waals surface area contributed by atoms with E-state index in [4.69, 9.17) is 13.5 Å². The maximum atomic E-state index is 12.6. The first kappa shape index (κ1) is 68.6. The van der Waals surface area contributed by atoms with E-state index in [-0.39, 0.29) is 29.4 Å². The molecule has 4 N–H and O–H groups in total. The highest BCUT2D eigenvalue weighted by molar-refractivity contribution is 7.12. The van der Waals surface area contributed by atoms with Crippen LogP contribution in [0.4, 0.5) is 22.7 Å². The third-order valence-electron chi connectivity index (χ3n) is 17.8. The van der Waals surface area contributed by atoms with Gasteiger partial charge in [0.05, 0.1) is 79.7 Å². The number of aromatic nitrogens is 7. The van der Waals surface area contributed by atoms with Gasteiger partial charge in [-0.2, -0.15) is 0 Å². The maximum Gasteiger partial charge on any atom is 0.294 e. The average molecular weight is 1380 g/mol. The third-order valence-corrected chi connectivity index (χ3v) is 18.7. The van der Waals surface area contributed by atoms with Gasteiger partial charge in [-0.3, -0.25) is 19.2 Å². The van der Waals surface area contributed by atoms with Crippen molar-refractivity contribution in [3.05, 3.63) is 339 Å². The van der Waals surface area contributed by atoms with Crippen molar-refractivity contribution in [2.75, 3.05) is 21.3 Å². The summed E-state index contributed by atoms with van der Waals surface area (Å²) in [5.41, 5.74) is 21.4. The molecular formula is C84H75N11O7S. The van der Waals surface area contributed by atoms with Crippen LogP contribution in [0.5, 0.6) is 0 Å². The number of nitrogens with zero attached hydrogens (tertiary/aromatic N) is 7. The molecule has 0 aliphatic carbocycles. The minimum Gasteiger partial charge on any atom is -0.469 e. The number of carbonyl (C=O) groups excluding carboxylic acids is 4. The molecule has 0 aliphatic heterocycles. The van der Waals surface area contributed by atoms with Crippen LogP contribution < -0.4 is 21.3 Å². The number of anilines is 4. The molecule has 0 radical (unpaired) electrons. The molecule has 8 heterocycles. The number of aryl methyl sites for hydroxylation is 7. The number of hydrogen-bond donors (Lipinski definition) is 4. The van der Waals surface area contributed by atoms with Gasteiger partial charge in [0, 0.05) is 78.6 Å². The number of amides is 4. The van der Waals surface area contributed by atoms with Crippen molar-refractivity contribution in [2.45, 2.75) is 74.6 Å². The van der Waals surface area contributed by atoms with E-state index < -0.39 is 0 Å². The first-order valence-electron chi connectivity index (χ1n) is 33.6. The third kappa shape index (κ3) is 16.2. The topological polar surface area (TPSA) is 214 Å². The monoisotopic (exact) mass is 1380 g/mol. The number of benzene rings is 8. The Bertz CT molecular complexity index is 5220. The fraction of sp³-hybridized carbons (Fsp3) is 0.131. The van der Waals surface area contributed by atoms with Crippen LogP contribution in [-0.4, -0.2) is 57.2 Å². The molecule has 0 aliphatic rings. The van der Waals surface area contributed by atoms with Gasteiger partial charge in [-0.1, -0.05) is 202 Å². The maximum absolute atomic E-state index is 12.6. The molecule has 16 rings (SSSR count). The predicted octanol–water partition coefficient (Wildman–Crippen LogP) is 19.0. The molecule has 514 valence electrons. The Morgan fingerprint density at radius 2 is 0.757 bits per heavy atom. The molecule has 0 saturated carbocycles. The molecule has 0 spiro atoms. The minimum absolute atomic E-state index is 0.108. The summed E-state index contributed by atoms with van der Waals surface area (Å²) in [5, 5.41) is 23.4. The molecular weight excluding hydrogens is 1310 g/mol. The SMILES string of the molecule is Cc1ccc(Cn2cc(NC(=O)c3ccno3)c3ccccc32)cc1.Cc1ccc(Cn2cc(NC(=O)c3ccoc3C)c3ccccc32)cc1.Cc1ccc(Cn2cc(NC(=O)c3conc3C)c3ccccc32)cc1.Cc1ccc(Cn2cc(NC(=O)c3scnc3C)c3ccccc32)cc1. The van der Waals surface area contributed by atoms with Gasteiger partial charge >= 0.3 is 0 Å². The zero-order valence-electron chi connectivity index (χ0n) is 58.0. The van der Waals surface area contributed by atoms with Crippen LogP contribution in [0.25, 0.3) is 43.6 Å². The quantitative estimate of drug-likeness (QED) is 0.0718. The zero-order chi connectivity index (χ0) is 71.5. The molecule has 0 fully saturated rings. The fourth-order valence-electron chi connectivity index (χ4n) is 12.2. The Morgan fingerprint density at radius 3 is 1.08 bits per heavy atom. The van der Waals surface area contributed by atoms with Gasteiger partial charge in [0.15, 0.2) is 0 Å². The smallest absolute Gasteiger partial charge is 0.294 e. The molecule has 0 atom stereocenters. The number of furan rings is 1. The summed E-state index contributed by atoms with van der Waals surface area (Å²) < 4.78 is 23.7. The first-order chi connectivity index (χ1) is 50.0. The number of para-hydroxylation sites is 4. The number of nitrogens with one attached hydrogen (secondary N) is 4. The van der Waals surface area contributed by atoms with Crippen LogP contribution >= 0.6 is 11.3 Å². The number of hydrogen-bond acceptors (Lipinski definition) is 11. The first-order valence-corrected chi connectivity index (χ1v) is 34.5. The molecule has 103 heavy (non-hydrogen) atoms. The molecule has 18 nitrogen and oxygen atoms in total. The Labute approximate surface area is 598 Å². The summed E-state index contributed by atoms with van der Waals surface area (Å²) in [4.78, 5) is 54.8. The van der Waals surface area contributed by atoms with E-state index in [0.717, 1.165) is 98.2 Å². The minimum atomic E-state index is -0.310. The Morgan fingerprint density at radius 1 is 0.398 bits per heavy atom. The van der Waals surface area contributed by atoms with Gasteiger partial charge in [0.25, 0.3) is 23.6 Å². The molecule has 0 bridgehead atoms. The summed E-state index contributed by atoms with van der Waals surface area (Å²) in [7, 11) is 0. The Kier molecular flexibility index (Phi) is 20.7. The lowest BCUT2D eigenvalue weighted by molar-refractivity contribution is 0.0984. The van der Waals surface area contributed by atoms with Crippen LogP contribution in [-0.2, 0) is 26.2 Å². The normalized spacial score (nSPS) is 11.0. The van der Waals surface area contributed by atoms with Crippen molar-refractivity contribution >= 4 is 101 Å². The molecule has 8 aromatic heterocycles.